The van der Waals surface area contributed by atoms with Crippen molar-refractivity contribution in [1.82, 2.24) is 0 Å². The van der Waals surface area contributed by atoms with E-state index in [1.165, 1.54) is 0 Å². The van der Waals surface area contributed by atoms with Crippen LogP contribution in [-0.2, 0) is 18.9 Å². The first-order chi connectivity index (χ1) is 12.7. The lowest BCUT2D eigenvalue weighted by Gasteiger charge is -2.23. The zero-order valence-electron chi connectivity index (χ0n) is 14.2. The van der Waals surface area contributed by atoms with Gasteiger partial charge in [-0.25, -0.2) is 0 Å². The van der Waals surface area contributed by atoms with Gasteiger partial charge in [0.25, 0.3) is 0 Å². The first-order valence-electron chi connectivity index (χ1n) is 8.72. The molecule has 0 radical (unpaired) electrons. The predicted molar refractivity (Wildman–Crippen MR) is 92.0 cm³/mol. The van der Waals surface area contributed by atoms with Crippen LogP contribution in [0, 0.1) is 0 Å². The fourth-order valence-corrected chi connectivity index (χ4v) is 3.24. The Balaban J connectivity index is 1.53. The summed E-state index contributed by atoms with van der Waals surface area (Å²) in [4.78, 5) is 0. The third-order valence-corrected chi connectivity index (χ3v) is 4.65. The second-order valence-electron chi connectivity index (χ2n) is 6.49. The van der Waals surface area contributed by atoms with E-state index in [9.17, 15) is 10.2 Å². The van der Waals surface area contributed by atoms with Crippen LogP contribution in [0.1, 0.15) is 23.7 Å². The van der Waals surface area contributed by atoms with Crippen LogP contribution in [0.3, 0.4) is 0 Å². The van der Waals surface area contributed by atoms with Crippen LogP contribution in [0.15, 0.2) is 60.7 Å². The van der Waals surface area contributed by atoms with E-state index >= 15 is 0 Å². The summed E-state index contributed by atoms with van der Waals surface area (Å²) in [6, 6.07) is 19.0. The van der Waals surface area contributed by atoms with Crippen molar-refractivity contribution >= 4 is 0 Å². The maximum Gasteiger partial charge on any atom is 0.184 e. The molecule has 138 valence electrons. The van der Waals surface area contributed by atoms with E-state index in [2.05, 4.69) is 0 Å². The molecule has 2 fully saturated rings. The zero-order chi connectivity index (χ0) is 17.9. The standard InChI is InChI=1S/C20H22O6/c21-15-11-23-19(13-7-3-1-4-8-13)24-12-16-18(17(15)22)26-20(25-16)14-9-5-2-6-10-14/h1-10,15-22H,11-12H2/t15-,16+,17-,18-,19?,20?/m1/s1. The maximum absolute atomic E-state index is 10.5. The quantitative estimate of drug-likeness (QED) is 0.854. The topological polar surface area (TPSA) is 77.4 Å². The highest BCUT2D eigenvalue weighted by Gasteiger charge is 2.45. The molecule has 0 saturated carbocycles. The van der Waals surface area contributed by atoms with Gasteiger partial charge in [0.15, 0.2) is 12.6 Å². The third kappa shape index (κ3) is 3.66. The van der Waals surface area contributed by atoms with Crippen molar-refractivity contribution in [3.05, 3.63) is 71.8 Å². The molecule has 6 nitrogen and oxygen atoms in total. The Kier molecular flexibility index (Phi) is 5.31. The number of aliphatic hydroxyl groups is 2. The SMILES string of the molecule is O[C@H]1[C@@H]2OC(c3ccccc3)O[C@H]2COC(c2ccccc2)OC[C@H]1O. The van der Waals surface area contributed by atoms with Gasteiger partial charge < -0.3 is 29.2 Å². The molecule has 0 aromatic heterocycles. The van der Waals surface area contributed by atoms with E-state index in [4.69, 9.17) is 18.9 Å². The highest BCUT2D eigenvalue weighted by Crippen LogP contribution is 2.35. The second-order valence-corrected chi connectivity index (χ2v) is 6.49. The molecule has 0 spiro atoms. The summed E-state index contributed by atoms with van der Waals surface area (Å²) in [5.41, 5.74) is 1.70. The Labute approximate surface area is 151 Å². The Hall–Kier alpha value is -1.80. The van der Waals surface area contributed by atoms with Crippen molar-refractivity contribution in [2.24, 2.45) is 0 Å². The van der Waals surface area contributed by atoms with Crippen molar-refractivity contribution in [2.75, 3.05) is 13.2 Å². The van der Waals surface area contributed by atoms with Gasteiger partial charge in [-0.2, -0.15) is 0 Å². The second kappa shape index (κ2) is 7.84. The minimum absolute atomic E-state index is 0.0662. The highest BCUT2D eigenvalue weighted by atomic mass is 16.8. The normalized spacial score (nSPS) is 35.2. The van der Waals surface area contributed by atoms with Crippen LogP contribution in [0.5, 0.6) is 0 Å². The van der Waals surface area contributed by atoms with Crippen LogP contribution in [0.25, 0.3) is 0 Å². The lowest BCUT2D eigenvalue weighted by atomic mass is 10.0. The molecule has 2 N–H and O–H groups in total. The molecule has 2 aliphatic rings. The molecule has 0 aliphatic carbocycles. The molecule has 6 heteroatoms. The minimum Gasteiger partial charge on any atom is -0.388 e. The van der Waals surface area contributed by atoms with Gasteiger partial charge in [0, 0.05) is 11.1 Å². The number of rotatable bonds is 2. The molecule has 4 rings (SSSR count). The van der Waals surface area contributed by atoms with Crippen molar-refractivity contribution < 1.29 is 29.2 Å². The number of hydrogen-bond acceptors (Lipinski definition) is 6. The molecule has 2 aliphatic heterocycles. The lowest BCUT2D eigenvalue weighted by molar-refractivity contribution is -0.182. The molecule has 2 aromatic rings. The summed E-state index contributed by atoms with van der Waals surface area (Å²) in [5, 5.41) is 20.8. The van der Waals surface area contributed by atoms with E-state index in [1.54, 1.807) is 0 Å². The van der Waals surface area contributed by atoms with E-state index in [1.807, 2.05) is 60.7 Å². The van der Waals surface area contributed by atoms with Gasteiger partial charge >= 0.3 is 0 Å². The fraction of sp³-hybridized carbons (Fsp3) is 0.400. The Morgan fingerprint density at radius 3 is 1.92 bits per heavy atom. The molecule has 2 heterocycles. The van der Waals surface area contributed by atoms with Gasteiger partial charge in [0.1, 0.15) is 24.4 Å². The zero-order valence-corrected chi connectivity index (χ0v) is 14.2. The maximum atomic E-state index is 10.5. The van der Waals surface area contributed by atoms with Crippen LogP contribution in [0.2, 0.25) is 0 Å². The first-order valence-corrected chi connectivity index (χ1v) is 8.72. The van der Waals surface area contributed by atoms with Gasteiger partial charge in [0.05, 0.1) is 13.2 Å². The molecule has 26 heavy (non-hydrogen) atoms. The van der Waals surface area contributed by atoms with Crippen molar-refractivity contribution in [1.29, 1.82) is 0 Å². The van der Waals surface area contributed by atoms with E-state index in [0.29, 0.717) is 0 Å². The van der Waals surface area contributed by atoms with Gasteiger partial charge in [-0.05, 0) is 0 Å². The number of hydrogen-bond donors (Lipinski definition) is 2. The molecule has 0 bridgehead atoms. The van der Waals surface area contributed by atoms with Crippen molar-refractivity contribution in [3.8, 4) is 0 Å². The Morgan fingerprint density at radius 2 is 1.27 bits per heavy atom. The van der Waals surface area contributed by atoms with Gasteiger partial charge in [-0.3, -0.25) is 0 Å². The number of aliphatic hydroxyl groups excluding tert-OH is 2. The Morgan fingerprint density at radius 1 is 0.692 bits per heavy atom. The smallest absolute Gasteiger partial charge is 0.184 e. The molecule has 6 atom stereocenters. The molecule has 2 saturated heterocycles. The van der Waals surface area contributed by atoms with Gasteiger partial charge in [-0.15, -0.1) is 0 Å². The molecule has 0 amide bonds. The van der Waals surface area contributed by atoms with Crippen molar-refractivity contribution in [3.63, 3.8) is 0 Å². The highest BCUT2D eigenvalue weighted by molar-refractivity contribution is 5.18. The van der Waals surface area contributed by atoms with E-state index in [-0.39, 0.29) is 13.2 Å². The van der Waals surface area contributed by atoms with Gasteiger partial charge in [0.2, 0.25) is 0 Å². The van der Waals surface area contributed by atoms with Crippen LogP contribution < -0.4 is 0 Å². The molecular weight excluding hydrogens is 336 g/mol. The summed E-state index contributed by atoms with van der Waals surface area (Å²) in [5.74, 6) is 0. The third-order valence-electron chi connectivity index (χ3n) is 4.65. The molecule has 2 unspecified atom stereocenters. The fourth-order valence-electron chi connectivity index (χ4n) is 3.24. The minimum atomic E-state index is -1.13. The number of benzene rings is 2. The summed E-state index contributed by atoms with van der Waals surface area (Å²) < 4.78 is 23.4. The summed E-state index contributed by atoms with van der Waals surface area (Å²) in [6.45, 7) is 0.112. The predicted octanol–water partition coefficient (Wildman–Crippen LogP) is 1.94. The lowest BCUT2D eigenvalue weighted by Crippen LogP contribution is -2.45. The van der Waals surface area contributed by atoms with Crippen LogP contribution in [0.4, 0.5) is 0 Å². The number of ether oxygens (including phenoxy) is 4. The summed E-state index contributed by atoms with van der Waals surface area (Å²) in [7, 11) is 0. The summed E-state index contributed by atoms with van der Waals surface area (Å²) >= 11 is 0. The van der Waals surface area contributed by atoms with Crippen molar-refractivity contribution in [2.45, 2.75) is 37.0 Å². The number of fused-ring (bicyclic) bond motifs is 1. The van der Waals surface area contributed by atoms with E-state index in [0.717, 1.165) is 11.1 Å². The Bertz CT molecular complexity index is 694. The molecule has 2 aromatic carbocycles. The monoisotopic (exact) mass is 358 g/mol. The van der Waals surface area contributed by atoms with Gasteiger partial charge in [-0.1, -0.05) is 60.7 Å². The first kappa shape index (κ1) is 17.6. The molecular formula is C20H22O6. The average Bonchev–Trinajstić information content (AvgIpc) is 3.13. The van der Waals surface area contributed by atoms with Crippen LogP contribution >= 0.6 is 0 Å². The largest absolute Gasteiger partial charge is 0.388 e. The average molecular weight is 358 g/mol. The van der Waals surface area contributed by atoms with E-state index < -0.39 is 37.0 Å². The van der Waals surface area contributed by atoms with Crippen LogP contribution in [-0.4, -0.2) is 47.8 Å². The summed E-state index contributed by atoms with van der Waals surface area (Å²) in [6.07, 6.45) is -4.70.